The minimum absolute atomic E-state index is 0.321. The van der Waals surface area contributed by atoms with E-state index in [4.69, 9.17) is 4.42 Å². The number of rotatable bonds is 2. The van der Waals surface area contributed by atoms with E-state index in [0.29, 0.717) is 21.8 Å². The first kappa shape index (κ1) is 12.9. The summed E-state index contributed by atoms with van der Waals surface area (Å²) < 4.78 is 5.40. The van der Waals surface area contributed by atoms with Gasteiger partial charge in [-0.05, 0) is 24.8 Å². The molecule has 100 valence electrons. The summed E-state index contributed by atoms with van der Waals surface area (Å²) >= 11 is 1.39. The topological polar surface area (TPSA) is 56.0 Å². The highest BCUT2D eigenvalue weighted by atomic mass is 32.2. The molecule has 0 saturated carbocycles. The summed E-state index contributed by atoms with van der Waals surface area (Å²) in [4.78, 5) is 20.5. The zero-order valence-corrected chi connectivity index (χ0v) is 11.9. The van der Waals surface area contributed by atoms with Gasteiger partial charge >= 0.3 is 5.63 Å². The molecule has 5 heteroatoms. The van der Waals surface area contributed by atoms with Crippen LogP contribution in [0.3, 0.4) is 0 Å². The first-order chi connectivity index (χ1) is 9.69. The van der Waals surface area contributed by atoms with E-state index in [-0.39, 0.29) is 0 Å². The molecule has 0 amide bonds. The van der Waals surface area contributed by atoms with Gasteiger partial charge in [-0.2, -0.15) is 0 Å². The van der Waals surface area contributed by atoms with E-state index in [0.717, 1.165) is 11.1 Å². The van der Waals surface area contributed by atoms with Gasteiger partial charge in [0.05, 0.1) is 0 Å². The Balaban J connectivity index is 2.26. The molecule has 0 bridgehead atoms. The van der Waals surface area contributed by atoms with E-state index in [2.05, 4.69) is 9.97 Å². The molecule has 0 aliphatic rings. The van der Waals surface area contributed by atoms with Gasteiger partial charge in [-0.15, -0.1) is 0 Å². The van der Waals surface area contributed by atoms with Gasteiger partial charge in [-0.1, -0.05) is 36.0 Å². The third kappa shape index (κ3) is 2.20. The van der Waals surface area contributed by atoms with Crippen molar-refractivity contribution in [1.82, 2.24) is 9.97 Å². The average molecular weight is 284 g/mol. The van der Waals surface area contributed by atoms with Gasteiger partial charge in [0, 0.05) is 17.1 Å². The molecule has 0 N–H and O–H groups in total. The third-order valence-corrected chi connectivity index (χ3v) is 3.63. The second-order valence-corrected chi connectivity index (χ2v) is 5.15. The fraction of sp³-hybridized carbons (Fsp3) is 0.133. The van der Waals surface area contributed by atoms with Crippen molar-refractivity contribution >= 4 is 22.7 Å². The molecule has 0 unspecified atom stereocenters. The van der Waals surface area contributed by atoms with Crippen LogP contribution < -0.4 is 5.63 Å². The van der Waals surface area contributed by atoms with E-state index in [9.17, 15) is 4.79 Å². The lowest BCUT2D eigenvalue weighted by Gasteiger charge is -2.05. The minimum atomic E-state index is -0.432. The van der Waals surface area contributed by atoms with Crippen LogP contribution in [0.1, 0.15) is 5.56 Å². The van der Waals surface area contributed by atoms with Gasteiger partial charge in [0.2, 0.25) is 0 Å². The SMILES string of the molecule is CSc1ncc2cc(-c3ccccc3C)oc(=O)c2n1. The molecule has 0 aliphatic heterocycles. The van der Waals surface area contributed by atoms with Gasteiger partial charge < -0.3 is 4.42 Å². The molecule has 3 rings (SSSR count). The Labute approximate surface area is 119 Å². The van der Waals surface area contributed by atoms with Crippen LogP contribution in [0.4, 0.5) is 0 Å². The lowest BCUT2D eigenvalue weighted by atomic mass is 10.1. The van der Waals surface area contributed by atoms with Gasteiger partial charge in [0.1, 0.15) is 5.76 Å². The smallest absolute Gasteiger partial charge is 0.363 e. The van der Waals surface area contributed by atoms with E-state index in [1.807, 2.05) is 43.5 Å². The number of aryl methyl sites for hydroxylation is 1. The number of hydrogen-bond acceptors (Lipinski definition) is 5. The predicted octanol–water partition coefficient (Wildman–Crippen LogP) is 3.28. The first-order valence-electron chi connectivity index (χ1n) is 6.10. The summed E-state index contributed by atoms with van der Waals surface area (Å²) in [5.41, 5.74) is 1.84. The zero-order valence-electron chi connectivity index (χ0n) is 11.1. The molecule has 0 fully saturated rings. The molecular weight excluding hydrogens is 272 g/mol. The van der Waals surface area contributed by atoms with E-state index in [1.54, 1.807) is 6.20 Å². The molecule has 0 radical (unpaired) electrons. The molecule has 4 nitrogen and oxygen atoms in total. The lowest BCUT2D eigenvalue weighted by Crippen LogP contribution is -2.04. The standard InChI is InChI=1S/C15H12N2O2S/c1-9-5-3-4-6-11(9)12-7-10-8-16-15(20-2)17-13(10)14(18)19-12/h3-8H,1-2H3. The maximum absolute atomic E-state index is 12.1. The maximum atomic E-state index is 12.1. The summed E-state index contributed by atoms with van der Waals surface area (Å²) in [6.07, 6.45) is 3.53. The molecule has 2 aromatic heterocycles. The molecule has 0 aliphatic carbocycles. The molecule has 1 aromatic carbocycles. The van der Waals surface area contributed by atoms with Crippen LogP contribution in [0.2, 0.25) is 0 Å². The molecule has 0 atom stereocenters. The number of aromatic nitrogens is 2. The van der Waals surface area contributed by atoms with Gasteiger partial charge in [0.15, 0.2) is 10.7 Å². The number of nitrogens with zero attached hydrogens (tertiary/aromatic N) is 2. The largest absolute Gasteiger partial charge is 0.421 e. The van der Waals surface area contributed by atoms with Crippen molar-refractivity contribution in [2.24, 2.45) is 0 Å². The second-order valence-electron chi connectivity index (χ2n) is 4.37. The van der Waals surface area contributed by atoms with Gasteiger partial charge in [-0.25, -0.2) is 14.8 Å². The Bertz CT molecular complexity index is 843. The van der Waals surface area contributed by atoms with E-state index in [1.165, 1.54) is 11.8 Å². The Morgan fingerprint density at radius 2 is 2.05 bits per heavy atom. The Morgan fingerprint density at radius 3 is 2.80 bits per heavy atom. The van der Waals surface area contributed by atoms with Crippen molar-refractivity contribution in [3.63, 3.8) is 0 Å². The summed E-state index contributed by atoms with van der Waals surface area (Å²) in [5.74, 6) is 0.543. The van der Waals surface area contributed by atoms with E-state index >= 15 is 0 Å². The summed E-state index contributed by atoms with van der Waals surface area (Å²) in [6, 6.07) is 9.58. The highest BCUT2D eigenvalue weighted by molar-refractivity contribution is 7.98. The first-order valence-corrected chi connectivity index (χ1v) is 7.32. The van der Waals surface area contributed by atoms with Crippen molar-refractivity contribution in [1.29, 1.82) is 0 Å². The van der Waals surface area contributed by atoms with Gasteiger partial charge in [0.25, 0.3) is 0 Å². The molecule has 20 heavy (non-hydrogen) atoms. The number of thioether (sulfide) groups is 1. The second kappa shape index (κ2) is 5.09. The van der Waals surface area contributed by atoms with Crippen molar-refractivity contribution in [3.05, 3.63) is 52.5 Å². The predicted molar refractivity (Wildman–Crippen MR) is 80.0 cm³/mol. The molecule has 2 heterocycles. The zero-order chi connectivity index (χ0) is 14.1. The summed E-state index contributed by atoms with van der Waals surface area (Å²) in [6.45, 7) is 1.98. The van der Waals surface area contributed by atoms with Crippen molar-refractivity contribution < 1.29 is 4.42 Å². The van der Waals surface area contributed by atoms with Crippen molar-refractivity contribution in [3.8, 4) is 11.3 Å². The van der Waals surface area contributed by atoms with Crippen LogP contribution in [-0.2, 0) is 0 Å². The lowest BCUT2D eigenvalue weighted by molar-refractivity contribution is 0.532. The maximum Gasteiger partial charge on any atom is 0.363 e. The van der Waals surface area contributed by atoms with Gasteiger partial charge in [-0.3, -0.25) is 0 Å². The van der Waals surface area contributed by atoms with Crippen molar-refractivity contribution in [2.45, 2.75) is 12.1 Å². The Morgan fingerprint density at radius 1 is 1.25 bits per heavy atom. The van der Waals surface area contributed by atoms with Crippen molar-refractivity contribution in [2.75, 3.05) is 6.26 Å². The van der Waals surface area contributed by atoms with Crippen LogP contribution in [0, 0.1) is 6.92 Å². The molecule has 0 spiro atoms. The number of benzene rings is 1. The fourth-order valence-corrected chi connectivity index (χ4v) is 2.38. The highest BCUT2D eigenvalue weighted by Gasteiger charge is 2.10. The number of hydrogen-bond donors (Lipinski definition) is 0. The fourth-order valence-electron chi connectivity index (χ4n) is 2.04. The third-order valence-electron chi connectivity index (χ3n) is 3.07. The minimum Gasteiger partial charge on any atom is -0.421 e. The quantitative estimate of drug-likeness (QED) is 0.534. The monoisotopic (exact) mass is 284 g/mol. The summed E-state index contributed by atoms with van der Waals surface area (Å²) in [7, 11) is 0. The van der Waals surface area contributed by atoms with Crippen LogP contribution in [0.5, 0.6) is 0 Å². The molecule has 0 saturated heterocycles. The van der Waals surface area contributed by atoms with E-state index < -0.39 is 5.63 Å². The normalized spacial score (nSPS) is 10.9. The van der Waals surface area contributed by atoms with Crippen LogP contribution in [-0.4, -0.2) is 16.2 Å². The number of fused-ring (bicyclic) bond motifs is 1. The molecular formula is C15H12N2O2S. The average Bonchev–Trinajstić information content (AvgIpc) is 2.47. The van der Waals surface area contributed by atoms with Crippen LogP contribution >= 0.6 is 11.8 Å². The Hall–Kier alpha value is -2.14. The Kier molecular flexibility index (Phi) is 3.28. The highest BCUT2D eigenvalue weighted by Crippen LogP contribution is 2.24. The molecule has 3 aromatic rings. The van der Waals surface area contributed by atoms with Crippen LogP contribution in [0.15, 0.2) is 50.9 Å². The summed E-state index contributed by atoms with van der Waals surface area (Å²) in [5, 5.41) is 1.26. The van der Waals surface area contributed by atoms with Crippen LogP contribution in [0.25, 0.3) is 22.2 Å².